The summed E-state index contributed by atoms with van der Waals surface area (Å²) in [6, 6.07) is 8.27. The molecule has 0 amide bonds. The highest BCUT2D eigenvalue weighted by Gasteiger charge is 2.14. The van der Waals surface area contributed by atoms with Gasteiger partial charge in [0, 0.05) is 22.6 Å². The number of nitrogens with zero attached hydrogens (tertiary/aromatic N) is 1. The fourth-order valence-corrected chi connectivity index (χ4v) is 3.39. The smallest absolute Gasteiger partial charge is 0.292 e. The highest BCUT2D eigenvalue weighted by Crippen LogP contribution is 2.24. The lowest BCUT2D eigenvalue weighted by atomic mass is 10.2. The average molecular weight is 296 g/mol. The summed E-state index contributed by atoms with van der Waals surface area (Å²) in [6.07, 6.45) is 1.55. The van der Waals surface area contributed by atoms with Gasteiger partial charge in [0.1, 0.15) is 5.76 Å². The normalized spacial score (nSPS) is 10.9. The highest BCUT2D eigenvalue weighted by molar-refractivity contribution is 7.10. The quantitative estimate of drug-likeness (QED) is 0.701. The van der Waals surface area contributed by atoms with Crippen molar-refractivity contribution < 1.29 is 4.42 Å². The van der Waals surface area contributed by atoms with E-state index in [2.05, 4.69) is 27.9 Å². The second-order valence-electron chi connectivity index (χ2n) is 3.85. The number of hydrogen-bond acceptors (Lipinski definition) is 4. The lowest BCUT2D eigenvalue weighted by Gasteiger charge is -1.97. The summed E-state index contributed by atoms with van der Waals surface area (Å²) < 4.78 is 5.50. The number of aromatic nitrogens is 1. The van der Waals surface area contributed by atoms with E-state index in [9.17, 15) is 0 Å². The third kappa shape index (κ3) is 2.66. The van der Waals surface area contributed by atoms with Crippen molar-refractivity contribution in [1.29, 1.82) is 0 Å². The summed E-state index contributed by atoms with van der Waals surface area (Å²) in [5, 5.41) is 4.36. The molecular weight excluding hydrogens is 286 g/mol. The van der Waals surface area contributed by atoms with Crippen molar-refractivity contribution in [3.05, 3.63) is 61.6 Å². The van der Waals surface area contributed by atoms with Gasteiger partial charge in [-0.1, -0.05) is 12.1 Å². The van der Waals surface area contributed by atoms with Gasteiger partial charge in [-0.25, -0.2) is 4.98 Å². The molecule has 0 spiro atoms. The van der Waals surface area contributed by atoms with Crippen LogP contribution in [0, 0.1) is 0 Å². The first-order valence-corrected chi connectivity index (χ1v) is 7.64. The Balaban J connectivity index is 1.85. The van der Waals surface area contributed by atoms with E-state index in [1.165, 1.54) is 9.75 Å². The molecule has 3 aromatic heterocycles. The molecule has 0 saturated carbocycles. The van der Waals surface area contributed by atoms with Crippen molar-refractivity contribution in [2.24, 2.45) is 0 Å². The molecule has 0 N–H and O–H groups in total. The minimum atomic E-state index is 0.230. The second kappa shape index (κ2) is 5.26. The van der Waals surface area contributed by atoms with E-state index in [1.807, 2.05) is 12.1 Å². The largest absolute Gasteiger partial charge is 0.432 e. The predicted octanol–water partition coefficient (Wildman–Crippen LogP) is 4.63. The Morgan fingerprint density at radius 1 is 1.06 bits per heavy atom. The van der Waals surface area contributed by atoms with Crippen molar-refractivity contribution in [3.8, 4) is 0 Å². The Morgan fingerprint density at radius 2 is 1.72 bits per heavy atom. The molecule has 0 aliphatic heterocycles. The first-order chi connectivity index (χ1) is 8.81. The third-order valence-electron chi connectivity index (χ3n) is 2.59. The summed E-state index contributed by atoms with van der Waals surface area (Å²) >= 11 is 9.31. The number of hydrogen-bond donors (Lipinski definition) is 0. The summed E-state index contributed by atoms with van der Waals surface area (Å²) in [6.45, 7) is 0. The highest BCUT2D eigenvalue weighted by atomic mass is 35.5. The van der Waals surface area contributed by atoms with Crippen LogP contribution in [0.4, 0.5) is 0 Å². The first kappa shape index (κ1) is 12.0. The molecule has 3 heterocycles. The van der Waals surface area contributed by atoms with Crippen LogP contribution in [-0.2, 0) is 12.8 Å². The van der Waals surface area contributed by atoms with Crippen LogP contribution in [0.2, 0.25) is 5.35 Å². The Morgan fingerprint density at radius 3 is 2.33 bits per heavy atom. The average Bonchev–Trinajstić information content (AvgIpc) is 3.03. The van der Waals surface area contributed by atoms with Gasteiger partial charge in [-0.05, 0) is 34.5 Å². The molecule has 18 heavy (non-hydrogen) atoms. The molecule has 0 aliphatic rings. The Hall–Kier alpha value is -1.10. The zero-order valence-electron chi connectivity index (χ0n) is 9.43. The number of thiophene rings is 2. The molecule has 92 valence electrons. The minimum absolute atomic E-state index is 0.230. The van der Waals surface area contributed by atoms with Crippen LogP contribution in [0.1, 0.15) is 21.2 Å². The van der Waals surface area contributed by atoms with Crippen LogP contribution < -0.4 is 0 Å². The van der Waals surface area contributed by atoms with Crippen molar-refractivity contribution in [2.75, 3.05) is 0 Å². The van der Waals surface area contributed by atoms with Crippen molar-refractivity contribution in [1.82, 2.24) is 4.98 Å². The minimum Gasteiger partial charge on any atom is -0.432 e. The van der Waals surface area contributed by atoms with Crippen molar-refractivity contribution >= 4 is 34.3 Å². The van der Waals surface area contributed by atoms with E-state index in [0.29, 0.717) is 0 Å². The SMILES string of the molecule is Clc1nc(Cc2cccs2)c(Cc2cccs2)o1. The second-order valence-corrected chi connectivity index (χ2v) is 6.24. The molecule has 0 bridgehead atoms. The topological polar surface area (TPSA) is 26.0 Å². The summed E-state index contributed by atoms with van der Waals surface area (Å²) in [7, 11) is 0. The zero-order valence-corrected chi connectivity index (χ0v) is 11.8. The molecule has 0 aliphatic carbocycles. The van der Waals surface area contributed by atoms with Gasteiger partial charge >= 0.3 is 0 Å². The standard InChI is InChI=1S/C13H10ClNOS2/c14-13-15-11(7-9-3-1-5-17-9)12(16-13)8-10-4-2-6-18-10/h1-6H,7-8H2. The maximum atomic E-state index is 5.87. The van der Waals surface area contributed by atoms with Gasteiger partial charge in [-0.15, -0.1) is 22.7 Å². The van der Waals surface area contributed by atoms with Crippen LogP contribution in [-0.4, -0.2) is 4.98 Å². The molecule has 0 radical (unpaired) electrons. The van der Waals surface area contributed by atoms with Gasteiger partial charge in [-0.2, -0.15) is 0 Å². The van der Waals surface area contributed by atoms with E-state index in [0.717, 1.165) is 24.3 Å². The van der Waals surface area contributed by atoms with Gasteiger partial charge in [0.15, 0.2) is 0 Å². The molecule has 0 fully saturated rings. The number of oxazole rings is 1. The summed E-state index contributed by atoms with van der Waals surface area (Å²) in [5.74, 6) is 0.871. The van der Waals surface area contributed by atoms with E-state index < -0.39 is 0 Å². The zero-order chi connectivity index (χ0) is 12.4. The van der Waals surface area contributed by atoms with E-state index in [1.54, 1.807) is 22.7 Å². The lowest BCUT2D eigenvalue weighted by Crippen LogP contribution is -1.92. The van der Waals surface area contributed by atoms with Gasteiger partial charge in [-0.3, -0.25) is 0 Å². The van der Waals surface area contributed by atoms with Crippen LogP contribution in [0.3, 0.4) is 0 Å². The monoisotopic (exact) mass is 295 g/mol. The lowest BCUT2D eigenvalue weighted by molar-refractivity contribution is 0.515. The molecule has 0 unspecified atom stereocenters. The number of rotatable bonds is 4. The van der Waals surface area contributed by atoms with E-state index >= 15 is 0 Å². The maximum absolute atomic E-state index is 5.87. The molecule has 0 saturated heterocycles. The first-order valence-electron chi connectivity index (χ1n) is 5.50. The fraction of sp³-hybridized carbons (Fsp3) is 0.154. The molecule has 0 aromatic carbocycles. The third-order valence-corrected chi connectivity index (χ3v) is 4.50. The molecule has 3 aromatic rings. The van der Waals surface area contributed by atoms with Gasteiger partial charge in [0.05, 0.1) is 5.69 Å². The van der Waals surface area contributed by atoms with E-state index in [4.69, 9.17) is 16.0 Å². The van der Waals surface area contributed by atoms with Crippen LogP contribution in [0.15, 0.2) is 39.4 Å². The van der Waals surface area contributed by atoms with Crippen molar-refractivity contribution in [2.45, 2.75) is 12.8 Å². The van der Waals surface area contributed by atoms with E-state index in [-0.39, 0.29) is 5.35 Å². The Labute approximate surface area is 118 Å². The van der Waals surface area contributed by atoms with Crippen molar-refractivity contribution in [3.63, 3.8) is 0 Å². The van der Waals surface area contributed by atoms with Gasteiger partial charge in [0.25, 0.3) is 5.35 Å². The number of halogens is 1. The maximum Gasteiger partial charge on any atom is 0.292 e. The molecule has 0 atom stereocenters. The van der Waals surface area contributed by atoms with Gasteiger partial charge in [0.2, 0.25) is 0 Å². The summed E-state index contributed by atoms with van der Waals surface area (Å²) in [5.41, 5.74) is 0.941. The van der Waals surface area contributed by atoms with Gasteiger partial charge < -0.3 is 4.42 Å². The molecule has 3 rings (SSSR count). The molecule has 2 nitrogen and oxygen atoms in total. The van der Waals surface area contributed by atoms with Crippen LogP contribution >= 0.6 is 34.3 Å². The van der Waals surface area contributed by atoms with Crippen LogP contribution in [0.25, 0.3) is 0 Å². The fourth-order valence-electron chi connectivity index (χ4n) is 1.78. The molecule has 5 heteroatoms. The Kier molecular flexibility index (Phi) is 3.50. The molecular formula is C13H10ClNOS2. The van der Waals surface area contributed by atoms with Crippen LogP contribution in [0.5, 0.6) is 0 Å². The predicted molar refractivity (Wildman–Crippen MR) is 75.8 cm³/mol. The Bertz CT molecular complexity index is 560. The summed E-state index contributed by atoms with van der Waals surface area (Å²) in [4.78, 5) is 6.81.